The summed E-state index contributed by atoms with van der Waals surface area (Å²) >= 11 is 0. The number of likely N-dealkylation sites (N-methyl/N-ethyl adjacent to an activating group) is 1. The van der Waals surface area contributed by atoms with Crippen molar-refractivity contribution < 1.29 is 46.7 Å². The zero-order chi connectivity index (χ0) is 47.4. The third kappa shape index (κ3) is 12.4. The number of benzene rings is 3. The van der Waals surface area contributed by atoms with Crippen molar-refractivity contribution >= 4 is 51.2 Å². The molecule has 0 spiro atoms. The van der Waals surface area contributed by atoms with E-state index in [0.29, 0.717) is 36.1 Å². The van der Waals surface area contributed by atoms with Gasteiger partial charge in [-0.3, -0.25) is 33.6 Å². The monoisotopic (exact) mass is 927 g/mol. The summed E-state index contributed by atoms with van der Waals surface area (Å²) < 4.78 is 36.3. The van der Waals surface area contributed by atoms with Crippen LogP contribution in [0.2, 0.25) is 0 Å². The van der Waals surface area contributed by atoms with Crippen molar-refractivity contribution in [2.45, 2.75) is 106 Å². The molecule has 3 aromatic rings. The van der Waals surface area contributed by atoms with Crippen molar-refractivity contribution in [2.75, 3.05) is 40.3 Å². The van der Waals surface area contributed by atoms with E-state index in [1.807, 2.05) is 0 Å². The molecule has 2 fully saturated rings. The number of rotatable bonds is 14. The first-order valence-electron chi connectivity index (χ1n) is 22.7. The van der Waals surface area contributed by atoms with Crippen LogP contribution in [0.15, 0.2) is 89.8 Å². The predicted molar refractivity (Wildman–Crippen MR) is 244 cm³/mol. The normalized spacial score (nSPS) is 20.8. The molecule has 0 aromatic heterocycles. The largest absolute Gasteiger partial charge is 0.494 e. The highest BCUT2D eigenvalue weighted by Crippen LogP contribution is 2.33. The van der Waals surface area contributed by atoms with Crippen molar-refractivity contribution in [1.29, 1.82) is 0 Å². The summed E-state index contributed by atoms with van der Waals surface area (Å²) in [6.07, 6.45) is 4.41. The molecule has 0 radical (unpaired) electrons. The standard InChI is InChI=1S/C48H61N7O10S/c1-4-16-38(44(58)46(60)49-30-41(57)52-42(47(61)53(2)3)33-18-8-5-9-19-33)50-45(59)39-29-35-31-54(39)48(62)43(34-20-10-6-11-21-34)51-40(56)28-32-17-14-22-36(27-32)65-26-15-25-55(35)66(63,64)37-23-12-7-13-24-37/h5,7-9,12-14,17-19,22-24,27,34-35,38-39,42-43H,4,6,10-11,15-16,20-21,25-26,28-31H2,1-3H3,(H,49,60)(H,50,59)(H,51,56)(H,52,57)/t35-,38?,39?,42+,43+/m1/s1. The number of carbonyl (C=O) groups excluding carboxylic acids is 7. The number of nitrogens with one attached hydrogen (secondary N) is 4. The Morgan fingerprint density at radius 2 is 1.58 bits per heavy atom. The van der Waals surface area contributed by atoms with Crippen molar-refractivity contribution in [2.24, 2.45) is 5.92 Å². The van der Waals surface area contributed by atoms with Crippen LogP contribution in [0.25, 0.3) is 0 Å². The number of carbonyl (C=O) groups is 7. The van der Waals surface area contributed by atoms with E-state index in [2.05, 4.69) is 21.3 Å². The third-order valence-corrected chi connectivity index (χ3v) is 14.3. The molecule has 1 saturated heterocycles. The minimum absolute atomic E-state index is 0.0131. The van der Waals surface area contributed by atoms with E-state index >= 15 is 4.79 Å². The molecule has 2 unspecified atom stereocenters. The van der Waals surface area contributed by atoms with E-state index < -0.39 is 88.0 Å². The van der Waals surface area contributed by atoms with Crippen molar-refractivity contribution in [3.8, 4) is 5.75 Å². The van der Waals surface area contributed by atoms with Gasteiger partial charge in [0, 0.05) is 33.2 Å². The number of hydrogen-bond acceptors (Lipinski definition) is 10. The Balaban J connectivity index is 1.26. The Morgan fingerprint density at radius 3 is 2.26 bits per heavy atom. The highest BCUT2D eigenvalue weighted by molar-refractivity contribution is 7.89. The zero-order valence-electron chi connectivity index (χ0n) is 37.8. The number of Topliss-reactive ketones (excluding diaryl/α,β-unsaturated/α-hetero) is 1. The van der Waals surface area contributed by atoms with Gasteiger partial charge in [-0.25, -0.2) is 8.42 Å². The molecule has 1 saturated carbocycles. The molecular formula is C48H61N7O10S. The van der Waals surface area contributed by atoms with E-state index in [9.17, 15) is 37.2 Å². The van der Waals surface area contributed by atoms with Crippen LogP contribution in [0, 0.1) is 5.92 Å². The summed E-state index contributed by atoms with van der Waals surface area (Å²) in [6.45, 7) is 1.03. The maximum Gasteiger partial charge on any atom is 0.290 e. The summed E-state index contributed by atoms with van der Waals surface area (Å²) in [5.41, 5.74) is 1.17. The maximum absolute atomic E-state index is 15.1. The number of amides is 6. The van der Waals surface area contributed by atoms with Gasteiger partial charge >= 0.3 is 0 Å². The van der Waals surface area contributed by atoms with Crippen LogP contribution in [-0.4, -0.2) is 128 Å². The van der Waals surface area contributed by atoms with Gasteiger partial charge in [0.05, 0.1) is 30.5 Å². The number of hydrogen-bond donors (Lipinski definition) is 4. The Hall–Kier alpha value is -6.14. The van der Waals surface area contributed by atoms with E-state index in [1.165, 1.54) is 26.2 Å². The summed E-state index contributed by atoms with van der Waals surface area (Å²) in [5, 5.41) is 10.6. The van der Waals surface area contributed by atoms with Crippen LogP contribution in [-0.2, 0) is 50.0 Å². The zero-order valence-corrected chi connectivity index (χ0v) is 38.6. The summed E-state index contributed by atoms with van der Waals surface area (Å²) in [4.78, 5) is 99.3. The van der Waals surface area contributed by atoms with Crippen molar-refractivity contribution in [3.63, 3.8) is 0 Å². The SMILES string of the molecule is CCCC(NC(=O)C1C[C@@H]2CN1C(=O)[C@H](C1CCCCC1)NC(=O)Cc1cccc(c1)OCCCN2S(=O)(=O)c1ccccc1)C(=O)C(=O)NCC(=O)N[C@H](C(=O)N(C)C)c1ccccc1. The lowest BCUT2D eigenvalue weighted by molar-refractivity contribution is -0.144. The lowest BCUT2D eigenvalue weighted by Gasteiger charge is -2.35. The number of fused-ring (bicyclic) bond motifs is 4. The van der Waals surface area contributed by atoms with Gasteiger partial charge in [0.1, 0.15) is 23.9 Å². The molecule has 2 aliphatic heterocycles. The molecule has 5 atom stereocenters. The molecule has 1 aliphatic carbocycles. The molecule has 6 rings (SSSR count). The fraction of sp³-hybridized carbons (Fsp3) is 0.479. The first-order chi connectivity index (χ1) is 31.7. The van der Waals surface area contributed by atoms with Gasteiger partial charge in [0.15, 0.2) is 0 Å². The molecule has 66 heavy (non-hydrogen) atoms. The lowest BCUT2D eigenvalue weighted by Crippen LogP contribution is -2.58. The second-order valence-electron chi connectivity index (χ2n) is 17.3. The number of sulfonamides is 1. The van der Waals surface area contributed by atoms with Gasteiger partial charge in [-0.2, -0.15) is 4.31 Å². The van der Waals surface area contributed by atoms with Crippen LogP contribution < -0.4 is 26.0 Å². The third-order valence-electron chi connectivity index (χ3n) is 12.3. The molecule has 6 amide bonds. The number of ether oxygens (including phenoxy) is 1. The van der Waals surface area contributed by atoms with Crippen LogP contribution in [0.1, 0.15) is 81.9 Å². The fourth-order valence-electron chi connectivity index (χ4n) is 8.97. The highest BCUT2D eigenvalue weighted by atomic mass is 32.2. The predicted octanol–water partition coefficient (Wildman–Crippen LogP) is 2.65. The average molecular weight is 928 g/mol. The molecule has 3 aliphatic rings. The molecule has 18 heteroatoms. The Morgan fingerprint density at radius 1 is 0.879 bits per heavy atom. The molecule has 2 heterocycles. The van der Waals surface area contributed by atoms with Crippen LogP contribution in [0.4, 0.5) is 0 Å². The van der Waals surface area contributed by atoms with Crippen molar-refractivity contribution in [3.05, 3.63) is 96.1 Å². The second-order valence-corrected chi connectivity index (χ2v) is 19.2. The minimum Gasteiger partial charge on any atom is -0.494 e. The van der Waals surface area contributed by atoms with E-state index in [4.69, 9.17) is 4.74 Å². The number of nitrogens with zero attached hydrogens (tertiary/aromatic N) is 3. The molecular weight excluding hydrogens is 867 g/mol. The molecule has 17 nitrogen and oxygen atoms in total. The molecule has 3 aromatic carbocycles. The fourth-order valence-corrected chi connectivity index (χ4v) is 10.7. The molecule has 4 bridgehead atoms. The first kappa shape index (κ1) is 49.3. The van der Waals surface area contributed by atoms with Crippen molar-refractivity contribution in [1.82, 2.24) is 35.4 Å². The van der Waals surface area contributed by atoms with E-state index in [1.54, 1.807) is 93.8 Å². The quantitative estimate of drug-likeness (QED) is 0.173. The summed E-state index contributed by atoms with van der Waals surface area (Å²) in [6, 6.07) is 17.8. The Bertz CT molecular complexity index is 2330. The number of ketones is 1. The van der Waals surface area contributed by atoms with E-state index in [-0.39, 0.29) is 56.2 Å². The summed E-state index contributed by atoms with van der Waals surface area (Å²) in [5.74, 6) is -4.80. The van der Waals surface area contributed by atoms with Gasteiger partial charge in [-0.05, 0) is 73.4 Å². The Labute approximate surface area is 386 Å². The van der Waals surface area contributed by atoms with Gasteiger partial charge in [0.25, 0.3) is 5.91 Å². The maximum atomic E-state index is 15.1. The first-order valence-corrected chi connectivity index (χ1v) is 24.2. The molecule has 354 valence electrons. The highest BCUT2D eigenvalue weighted by Gasteiger charge is 2.48. The topological polar surface area (TPSA) is 221 Å². The summed E-state index contributed by atoms with van der Waals surface area (Å²) in [7, 11) is -1.12. The lowest BCUT2D eigenvalue weighted by atomic mass is 9.83. The minimum atomic E-state index is -4.20. The van der Waals surface area contributed by atoms with Gasteiger partial charge in [-0.1, -0.05) is 93.3 Å². The van der Waals surface area contributed by atoms with Gasteiger partial charge in [0.2, 0.25) is 45.3 Å². The van der Waals surface area contributed by atoms with Gasteiger partial charge < -0.3 is 35.8 Å². The molecule has 4 N–H and O–H groups in total. The van der Waals surface area contributed by atoms with Crippen LogP contribution >= 0.6 is 0 Å². The van der Waals surface area contributed by atoms with Gasteiger partial charge in [-0.15, -0.1) is 0 Å². The smallest absolute Gasteiger partial charge is 0.290 e. The second kappa shape index (κ2) is 22.9. The average Bonchev–Trinajstić information content (AvgIpc) is 3.76. The van der Waals surface area contributed by atoms with Crippen LogP contribution in [0.3, 0.4) is 0 Å². The van der Waals surface area contributed by atoms with Crippen LogP contribution in [0.5, 0.6) is 5.75 Å². The van der Waals surface area contributed by atoms with E-state index in [0.717, 1.165) is 19.3 Å². The Kier molecular flexibility index (Phi) is 17.1.